The third-order valence-corrected chi connectivity index (χ3v) is 4.06. The second-order valence-electron chi connectivity index (χ2n) is 4.27. The molecule has 0 aliphatic carbocycles. The third kappa shape index (κ3) is 3.03. The Morgan fingerprint density at radius 1 is 1.56 bits per heavy atom. The van der Waals surface area contributed by atoms with Crippen LogP contribution in [-0.4, -0.2) is 31.2 Å². The molecule has 0 bridgehead atoms. The topological polar surface area (TPSA) is 42.4 Å². The van der Waals surface area contributed by atoms with Crippen LogP contribution in [-0.2, 0) is 9.53 Å². The quantitative estimate of drug-likeness (QED) is 0.743. The largest absolute Gasteiger partial charge is 0.469 e. The van der Waals surface area contributed by atoms with Gasteiger partial charge in [-0.2, -0.15) is 0 Å². The highest BCUT2D eigenvalue weighted by Gasteiger charge is 2.27. The predicted molar refractivity (Wildman–Crippen MR) is 76.6 cm³/mol. The average molecular weight is 378 g/mol. The molecule has 1 aliphatic rings. The maximum Gasteiger partial charge on any atom is 0.310 e. The molecule has 1 aliphatic heterocycles. The molecule has 2 heterocycles. The van der Waals surface area contributed by atoms with Gasteiger partial charge in [0.15, 0.2) is 0 Å². The number of carbonyl (C=O) groups excluding carboxylic acids is 1. The molecule has 1 atom stereocenters. The summed E-state index contributed by atoms with van der Waals surface area (Å²) in [7, 11) is 1.44. The van der Waals surface area contributed by atoms with Crippen molar-refractivity contribution in [2.24, 2.45) is 5.92 Å². The van der Waals surface area contributed by atoms with E-state index in [0.717, 1.165) is 34.1 Å². The second-order valence-corrected chi connectivity index (χ2v) is 6.04. The van der Waals surface area contributed by atoms with Crippen molar-refractivity contribution < 1.29 is 9.53 Å². The van der Waals surface area contributed by atoms with Crippen LogP contribution in [0.4, 0.5) is 5.82 Å². The SMILES string of the molecule is COC(=O)C1CCCN(c2ncc(Br)cc2Br)C1. The maximum atomic E-state index is 11.6. The fourth-order valence-corrected chi connectivity index (χ4v) is 3.41. The second kappa shape index (κ2) is 6.02. The van der Waals surface area contributed by atoms with Crippen LogP contribution < -0.4 is 4.90 Å². The van der Waals surface area contributed by atoms with Crippen molar-refractivity contribution in [1.29, 1.82) is 0 Å². The molecule has 1 fully saturated rings. The Hall–Kier alpha value is -0.620. The van der Waals surface area contributed by atoms with Crippen molar-refractivity contribution >= 4 is 43.6 Å². The number of pyridine rings is 1. The van der Waals surface area contributed by atoms with Crippen LogP contribution in [0.5, 0.6) is 0 Å². The van der Waals surface area contributed by atoms with E-state index < -0.39 is 0 Å². The molecule has 1 unspecified atom stereocenters. The first kappa shape index (κ1) is 13.8. The van der Waals surface area contributed by atoms with Gasteiger partial charge >= 0.3 is 5.97 Å². The summed E-state index contributed by atoms with van der Waals surface area (Å²) in [6, 6.07) is 1.96. The van der Waals surface area contributed by atoms with Crippen LogP contribution in [0.25, 0.3) is 0 Å². The molecular weight excluding hydrogens is 364 g/mol. The molecule has 6 heteroatoms. The number of carbonyl (C=O) groups is 1. The van der Waals surface area contributed by atoms with Crippen LogP contribution in [0, 0.1) is 5.92 Å². The number of nitrogens with zero attached hydrogens (tertiary/aromatic N) is 2. The minimum atomic E-state index is -0.132. The molecule has 1 saturated heterocycles. The van der Waals surface area contributed by atoms with Crippen LogP contribution in [0.15, 0.2) is 21.2 Å². The van der Waals surface area contributed by atoms with Gasteiger partial charge < -0.3 is 9.64 Å². The first-order valence-corrected chi connectivity index (χ1v) is 7.34. The van der Waals surface area contributed by atoms with E-state index in [0.29, 0.717) is 6.54 Å². The van der Waals surface area contributed by atoms with Crippen molar-refractivity contribution in [3.05, 3.63) is 21.2 Å². The van der Waals surface area contributed by atoms with E-state index in [1.165, 1.54) is 7.11 Å². The Balaban J connectivity index is 2.15. The molecule has 0 N–H and O–H groups in total. The summed E-state index contributed by atoms with van der Waals surface area (Å²) in [4.78, 5) is 18.1. The zero-order chi connectivity index (χ0) is 13.1. The van der Waals surface area contributed by atoms with Gasteiger partial charge in [0, 0.05) is 23.8 Å². The van der Waals surface area contributed by atoms with Gasteiger partial charge in [0.25, 0.3) is 0 Å². The lowest BCUT2D eigenvalue weighted by atomic mass is 9.98. The van der Waals surface area contributed by atoms with Gasteiger partial charge in [0.05, 0.1) is 17.5 Å². The molecule has 98 valence electrons. The summed E-state index contributed by atoms with van der Waals surface area (Å²) in [5.74, 6) is 0.695. The van der Waals surface area contributed by atoms with E-state index in [2.05, 4.69) is 41.7 Å². The summed E-state index contributed by atoms with van der Waals surface area (Å²) >= 11 is 6.89. The summed E-state index contributed by atoms with van der Waals surface area (Å²) in [5.41, 5.74) is 0. The molecule has 0 spiro atoms. The minimum absolute atomic E-state index is 0.0545. The van der Waals surface area contributed by atoms with Crippen LogP contribution in [0.3, 0.4) is 0 Å². The van der Waals surface area contributed by atoms with Crippen molar-refractivity contribution in [1.82, 2.24) is 4.98 Å². The number of ether oxygens (including phenoxy) is 1. The number of piperidine rings is 1. The predicted octanol–water partition coefficient (Wildman–Crippen LogP) is 3.00. The summed E-state index contributed by atoms with van der Waals surface area (Å²) < 4.78 is 6.68. The monoisotopic (exact) mass is 376 g/mol. The highest BCUT2D eigenvalue weighted by molar-refractivity contribution is 9.11. The lowest BCUT2D eigenvalue weighted by molar-refractivity contribution is -0.145. The number of halogens is 2. The van der Waals surface area contributed by atoms with Gasteiger partial charge in [-0.25, -0.2) is 4.98 Å². The Bertz CT molecular complexity index is 454. The molecule has 0 amide bonds. The number of rotatable bonds is 2. The highest BCUT2D eigenvalue weighted by atomic mass is 79.9. The van der Waals surface area contributed by atoms with E-state index >= 15 is 0 Å². The van der Waals surface area contributed by atoms with Gasteiger partial charge in [0.2, 0.25) is 0 Å². The summed E-state index contributed by atoms with van der Waals surface area (Å²) in [6.07, 6.45) is 3.63. The number of hydrogen-bond acceptors (Lipinski definition) is 4. The fraction of sp³-hybridized carbons (Fsp3) is 0.500. The lowest BCUT2D eigenvalue weighted by Gasteiger charge is -2.32. The molecule has 1 aromatic heterocycles. The molecule has 0 aromatic carbocycles. The molecule has 1 aromatic rings. The average Bonchev–Trinajstić information content (AvgIpc) is 2.38. The van der Waals surface area contributed by atoms with E-state index in [4.69, 9.17) is 4.74 Å². The number of methoxy groups -OCH3 is 1. The molecule has 0 saturated carbocycles. The normalized spacial score (nSPS) is 19.7. The number of hydrogen-bond donors (Lipinski definition) is 0. The number of esters is 1. The van der Waals surface area contributed by atoms with Crippen molar-refractivity contribution in [3.8, 4) is 0 Å². The van der Waals surface area contributed by atoms with Gasteiger partial charge in [-0.15, -0.1) is 0 Å². The van der Waals surface area contributed by atoms with Gasteiger partial charge in [-0.3, -0.25) is 4.79 Å². The Morgan fingerprint density at radius 3 is 3.00 bits per heavy atom. The highest BCUT2D eigenvalue weighted by Crippen LogP contribution is 2.30. The lowest BCUT2D eigenvalue weighted by Crippen LogP contribution is -2.39. The zero-order valence-electron chi connectivity index (χ0n) is 10.0. The number of anilines is 1. The fourth-order valence-electron chi connectivity index (χ4n) is 2.17. The Morgan fingerprint density at radius 2 is 2.33 bits per heavy atom. The zero-order valence-corrected chi connectivity index (χ0v) is 13.2. The summed E-state index contributed by atoms with van der Waals surface area (Å²) in [6.45, 7) is 1.58. The van der Waals surface area contributed by atoms with E-state index in [9.17, 15) is 4.79 Å². The van der Waals surface area contributed by atoms with Crippen molar-refractivity contribution in [2.45, 2.75) is 12.8 Å². The molecular formula is C12H14Br2N2O2. The molecule has 18 heavy (non-hydrogen) atoms. The summed E-state index contributed by atoms with van der Waals surface area (Å²) in [5, 5.41) is 0. The van der Waals surface area contributed by atoms with Gasteiger partial charge in [-0.05, 0) is 50.8 Å². The van der Waals surface area contributed by atoms with E-state index in [-0.39, 0.29) is 11.9 Å². The van der Waals surface area contributed by atoms with Gasteiger partial charge in [0.1, 0.15) is 5.82 Å². The number of aromatic nitrogens is 1. The van der Waals surface area contributed by atoms with Crippen LogP contribution in [0.2, 0.25) is 0 Å². The molecule has 4 nitrogen and oxygen atoms in total. The first-order valence-electron chi connectivity index (χ1n) is 5.75. The van der Waals surface area contributed by atoms with Crippen LogP contribution >= 0.6 is 31.9 Å². The Labute approximate surface area is 123 Å². The van der Waals surface area contributed by atoms with Crippen molar-refractivity contribution in [2.75, 3.05) is 25.1 Å². The van der Waals surface area contributed by atoms with E-state index in [1.807, 2.05) is 6.07 Å². The first-order chi connectivity index (χ1) is 8.61. The standard InChI is InChI=1S/C12H14Br2N2O2/c1-18-12(17)8-3-2-4-16(7-8)11-10(14)5-9(13)6-15-11/h5-6,8H,2-4,7H2,1H3. The maximum absolute atomic E-state index is 11.6. The smallest absolute Gasteiger partial charge is 0.310 e. The minimum Gasteiger partial charge on any atom is -0.469 e. The Kier molecular flexibility index (Phi) is 4.61. The third-order valence-electron chi connectivity index (χ3n) is 3.04. The van der Waals surface area contributed by atoms with Crippen LogP contribution in [0.1, 0.15) is 12.8 Å². The van der Waals surface area contributed by atoms with E-state index in [1.54, 1.807) is 6.20 Å². The molecule has 0 radical (unpaired) electrons. The molecule has 2 rings (SSSR count). The van der Waals surface area contributed by atoms with Crippen molar-refractivity contribution in [3.63, 3.8) is 0 Å². The van der Waals surface area contributed by atoms with Gasteiger partial charge in [-0.1, -0.05) is 0 Å².